The SMILES string of the molecule is C=C(N[C@@H](C)c1ccc(-c2scnc2C)cc1)[C@@H]1C[C@@H](O)CN1C(=O)[C@@H](CC(=O)CN1CCN(c2cc(-c3c(C(=O)O)ccc(F)c3F)nnc2N)CC1)C(C)(C)C. The van der Waals surface area contributed by atoms with Crippen LogP contribution in [0.1, 0.15) is 68.2 Å². The Hall–Kier alpha value is -5.32. The number of nitrogen functional groups attached to an aromatic ring is 1. The standard InChI is InChI=1S/C42H50F2N8O5S/c1-23(26-7-9-27(10-8-26)38-25(3)46-22-58-38)47-24(2)34-18-29(54)21-52(34)40(55)31(42(4,5)6)17-28(53)20-50-13-15-51(16-14-50)35-19-33(48-49-39(35)45)36-30(41(56)57)11-12-32(43)37(36)44/h7-12,19,22-23,29,31,34,47,54H,2,13-18,20-21H2,1,3-6H3,(H2,45,49)(H,56,57)/t23-,29+,31+,34-/m0/s1. The van der Waals surface area contributed by atoms with Gasteiger partial charge in [0, 0.05) is 63.2 Å². The number of aliphatic hydroxyl groups is 1. The molecule has 0 spiro atoms. The number of aromatic nitrogens is 3. The molecule has 13 nitrogen and oxygen atoms in total. The fourth-order valence-corrected chi connectivity index (χ4v) is 8.56. The molecule has 2 aliphatic rings. The lowest BCUT2D eigenvalue weighted by molar-refractivity contribution is -0.142. The van der Waals surface area contributed by atoms with Crippen molar-refractivity contribution in [1.29, 1.82) is 0 Å². The van der Waals surface area contributed by atoms with Crippen LogP contribution in [0.25, 0.3) is 21.7 Å². The Bertz CT molecular complexity index is 2180. The molecule has 2 aliphatic heterocycles. The predicted octanol–water partition coefficient (Wildman–Crippen LogP) is 5.70. The lowest BCUT2D eigenvalue weighted by Crippen LogP contribution is -2.49. The lowest BCUT2D eigenvalue weighted by atomic mass is 9.76. The average Bonchev–Trinajstić information content (AvgIpc) is 3.80. The Morgan fingerprint density at radius 1 is 1.07 bits per heavy atom. The number of likely N-dealkylation sites (tertiary alicyclic amines) is 1. The molecule has 1 amide bonds. The van der Waals surface area contributed by atoms with Crippen molar-refractivity contribution in [2.75, 3.05) is 49.9 Å². The number of carbonyl (C=O) groups is 3. The number of nitrogens with two attached hydrogens (primary N) is 1. The Kier molecular flexibility index (Phi) is 12.6. The Balaban J connectivity index is 1.07. The van der Waals surface area contributed by atoms with Crippen molar-refractivity contribution in [3.8, 4) is 21.7 Å². The molecule has 4 heterocycles. The molecule has 0 aliphatic carbocycles. The second kappa shape index (κ2) is 17.3. The summed E-state index contributed by atoms with van der Waals surface area (Å²) >= 11 is 1.60. The normalized spacial score (nSPS) is 18.6. The maximum absolute atomic E-state index is 14.9. The van der Waals surface area contributed by atoms with E-state index in [0.29, 0.717) is 44.0 Å². The molecule has 58 heavy (non-hydrogen) atoms. The number of amides is 1. The van der Waals surface area contributed by atoms with Gasteiger partial charge < -0.3 is 31.1 Å². The Morgan fingerprint density at radius 2 is 1.76 bits per heavy atom. The van der Waals surface area contributed by atoms with Gasteiger partial charge in [-0.15, -0.1) is 21.5 Å². The second-order valence-corrected chi connectivity index (χ2v) is 17.0. The third-order valence-electron chi connectivity index (χ3n) is 11.1. The van der Waals surface area contributed by atoms with Crippen molar-refractivity contribution in [2.45, 2.75) is 65.6 Å². The number of carbonyl (C=O) groups excluding carboxylic acids is 2. The van der Waals surface area contributed by atoms with Gasteiger partial charge in [0.15, 0.2) is 17.5 Å². The zero-order valence-corrected chi connectivity index (χ0v) is 34.2. The molecule has 4 aromatic rings. The van der Waals surface area contributed by atoms with Gasteiger partial charge in [0.2, 0.25) is 5.91 Å². The highest BCUT2D eigenvalue weighted by molar-refractivity contribution is 7.13. The number of rotatable bonds is 13. The highest BCUT2D eigenvalue weighted by Gasteiger charge is 2.43. The first-order chi connectivity index (χ1) is 27.4. The van der Waals surface area contributed by atoms with Crippen LogP contribution < -0.4 is 16.0 Å². The van der Waals surface area contributed by atoms with Crippen molar-refractivity contribution in [3.63, 3.8) is 0 Å². The number of Topliss-reactive ketones (excluding diaryl/α,β-unsaturated/α-hetero) is 1. The van der Waals surface area contributed by atoms with Crippen molar-refractivity contribution in [1.82, 2.24) is 30.3 Å². The van der Waals surface area contributed by atoms with Crippen LogP contribution in [0, 0.1) is 29.9 Å². The van der Waals surface area contributed by atoms with Crippen LogP contribution in [0.2, 0.25) is 0 Å². The van der Waals surface area contributed by atoms with Crippen LogP contribution in [0.5, 0.6) is 0 Å². The molecule has 0 saturated carbocycles. The van der Waals surface area contributed by atoms with Crippen LogP contribution >= 0.6 is 11.3 Å². The number of benzene rings is 2. The van der Waals surface area contributed by atoms with E-state index in [9.17, 15) is 33.4 Å². The van der Waals surface area contributed by atoms with Crippen molar-refractivity contribution < 1.29 is 33.4 Å². The molecular formula is C42H50F2N8O5S. The van der Waals surface area contributed by atoms with E-state index in [4.69, 9.17) is 5.73 Å². The number of aliphatic hydroxyl groups excluding tert-OH is 1. The topological polar surface area (TPSA) is 178 Å². The minimum atomic E-state index is -1.45. The number of ketones is 1. The molecule has 5 N–H and O–H groups in total. The third kappa shape index (κ3) is 9.19. The molecule has 0 unspecified atom stereocenters. The number of hydrogen-bond acceptors (Lipinski definition) is 12. The van der Waals surface area contributed by atoms with E-state index in [1.165, 1.54) is 6.07 Å². The monoisotopic (exact) mass is 816 g/mol. The molecule has 2 aromatic carbocycles. The maximum Gasteiger partial charge on any atom is 0.336 e. The molecule has 2 aromatic heterocycles. The summed E-state index contributed by atoms with van der Waals surface area (Å²) in [4.78, 5) is 50.8. The first-order valence-corrected chi connectivity index (χ1v) is 20.1. The van der Waals surface area contributed by atoms with Gasteiger partial charge in [-0.25, -0.2) is 18.6 Å². The summed E-state index contributed by atoms with van der Waals surface area (Å²) in [6, 6.07) is 10.8. The number of thiazole rings is 1. The predicted molar refractivity (Wildman–Crippen MR) is 219 cm³/mol. The van der Waals surface area contributed by atoms with Gasteiger partial charge in [0.1, 0.15) is 5.78 Å². The summed E-state index contributed by atoms with van der Waals surface area (Å²) < 4.78 is 29.0. The first-order valence-electron chi connectivity index (χ1n) is 19.2. The summed E-state index contributed by atoms with van der Waals surface area (Å²) in [6.07, 6.45) is -0.385. The van der Waals surface area contributed by atoms with Gasteiger partial charge in [-0.3, -0.25) is 14.5 Å². The molecule has 6 rings (SSSR count). The summed E-state index contributed by atoms with van der Waals surface area (Å²) in [5, 5.41) is 31.6. The molecule has 0 radical (unpaired) electrons. The fourth-order valence-electron chi connectivity index (χ4n) is 7.75. The number of anilines is 2. The van der Waals surface area contributed by atoms with Gasteiger partial charge in [0.25, 0.3) is 0 Å². The maximum atomic E-state index is 14.9. The van der Waals surface area contributed by atoms with Crippen molar-refractivity contribution in [2.24, 2.45) is 11.3 Å². The minimum absolute atomic E-state index is 0.0133. The number of carboxylic acid groups (broad SMARTS) is 1. The molecule has 308 valence electrons. The highest BCUT2D eigenvalue weighted by atomic mass is 32.1. The van der Waals surface area contributed by atoms with Gasteiger partial charge in [-0.1, -0.05) is 51.6 Å². The fraction of sp³-hybridized carbons (Fsp3) is 0.429. The van der Waals surface area contributed by atoms with E-state index in [-0.39, 0.29) is 48.8 Å². The number of β-amino-alcohol motifs (C(OH)–C–C–N with tert-alkyl or cyclic N) is 1. The van der Waals surface area contributed by atoms with Crippen molar-refractivity contribution in [3.05, 3.63) is 88.7 Å². The van der Waals surface area contributed by atoms with E-state index in [0.717, 1.165) is 33.8 Å². The van der Waals surface area contributed by atoms with Gasteiger partial charge in [-0.2, -0.15) is 0 Å². The van der Waals surface area contributed by atoms with Crippen LogP contribution in [0.3, 0.4) is 0 Å². The molecule has 4 atom stereocenters. The van der Waals surface area contributed by atoms with E-state index >= 15 is 0 Å². The molecule has 0 bridgehead atoms. The van der Waals surface area contributed by atoms with E-state index < -0.39 is 52.2 Å². The highest BCUT2D eigenvalue weighted by Crippen LogP contribution is 2.36. The summed E-state index contributed by atoms with van der Waals surface area (Å²) in [6.45, 7) is 16.1. The number of halogens is 2. The number of hydrogen-bond donors (Lipinski definition) is 4. The molecule has 16 heteroatoms. The zero-order chi connectivity index (χ0) is 42.1. The van der Waals surface area contributed by atoms with E-state index in [1.54, 1.807) is 16.2 Å². The van der Waals surface area contributed by atoms with Gasteiger partial charge in [0.05, 0.1) is 57.3 Å². The minimum Gasteiger partial charge on any atom is -0.478 e. The van der Waals surface area contributed by atoms with Crippen LogP contribution in [0.15, 0.2) is 60.3 Å². The number of aromatic carboxylic acids is 1. The third-order valence-corrected chi connectivity index (χ3v) is 12.0. The van der Waals surface area contributed by atoms with E-state index in [1.807, 2.05) is 49.9 Å². The number of piperazine rings is 1. The average molecular weight is 817 g/mol. The largest absolute Gasteiger partial charge is 0.478 e. The Morgan fingerprint density at radius 3 is 2.38 bits per heavy atom. The van der Waals surface area contributed by atoms with Crippen LogP contribution in [0.4, 0.5) is 20.3 Å². The number of aryl methyl sites for hydroxylation is 1. The zero-order valence-electron chi connectivity index (χ0n) is 33.3. The summed E-state index contributed by atoms with van der Waals surface area (Å²) in [5.74, 6) is -4.95. The number of nitrogens with zero attached hydrogens (tertiary/aromatic N) is 6. The summed E-state index contributed by atoms with van der Waals surface area (Å²) in [5.41, 5.74) is 10.4. The lowest BCUT2D eigenvalue weighted by Gasteiger charge is -2.38. The molecule has 2 saturated heterocycles. The first kappa shape index (κ1) is 42.3. The van der Waals surface area contributed by atoms with E-state index in [2.05, 4.69) is 51.3 Å². The smallest absolute Gasteiger partial charge is 0.336 e. The molecule has 2 fully saturated rings. The second-order valence-electron chi connectivity index (χ2n) is 16.2. The van der Waals surface area contributed by atoms with Crippen LogP contribution in [-0.2, 0) is 9.59 Å². The van der Waals surface area contributed by atoms with Gasteiger partial charge in [-0.05, 0) is 48.6 Å². The Labute approximate surface area is 340 Å². The number of carboxylic acids is 1. The summed E-state index contributed by atoms with van der Waals surface area (Å²) in [7, 11) is 0. The van der Waals surface area contributed by atoms with Crippen molar-refractivity contribution >= 4 is 40.5 Å². The quantitative estimate of drug-likeness (QED) is 0.130. The van der Waals surface area contributed by atoms with Gasteiger partial charge >= 0.3 is 5.97 Å². The molecular weight excluding hydrogens is 767 g/mol. The number of nitrogens with one attached hydrogen (secondary N) is 1. The van der Waals surface area contributed by atoms with Crippen LogP contribution in [-0.4, -0.2) is 104 Å².